The first kappa shape index (κ1) is 18.8. The number of rotatable bonds is 5. The fourth-order valence-corrected chi connectivity index (χ4v) is 3.04. The first-order valence-corrected chi connectivity index (χ1v) is 8.67. The third-order valence-electron chi connectivity index (χ3n) is 4.08. The summed E-state index contributed by atoms with van der Waals surface area (Å²) in [6.07, 6.45) is 1.53. The summed E-state index contributed by atoms with van der Waals surface area (Å²) in [7, 11) is 0. The van der Waals surface area contributed by atoms with Gasteiger partial charge in [0.05, 0.1) is 11.6 Å². The number of ether oxygens (including phenoxy) is 2. The molecule has 1 saturated carbocycles. The van der Waals surface area contributed by atoms with Gasteiger partial charge in [0.15, 0.2) is 0 Å². The quantitative estimate of drug-likeness (QED) is 0.815. The molecule has 1 aliphatic carbocycles. The van der Waals surface area contributed by atoms with Gasteiger partial charge in [-0.05, 0) is 64.0 Å². The lowest BCUT2D eigenvalue weighted by Crippen LogP contribution is -2.39. The summed E-state index contributed by atoms with van der Waals surface area (Å²) < 4.78 is 24.5. The molecule has 0 aromatic heterocycles. The first-order chi connectivity index (χ1) is 11.2. The molecule has 134 valence electrons. The molecule has 1 aromatic carbocycles. The molecule has 1 aliphatic rings. The molecule has 0 saturated heterocycles. The summed E-state index contributed by atoms with van der Waals surface area (Å²) in [5.74, 6) is 0.510. The van der Waals surface area contributed by atoms with Crippen molar-refractivity contribution in [1.82, 2.24) is 5.32 Å². The zero-order valence-electron chi connectivity index (χ0n) is 14.6. The summed E-state index contributed by atoms with van der Waals surface area (Å²) in [4.78, 5) is 11.8. The average molecular weight is 358 g/mol. The molecule has 2 atom stereocenters. The molecule has 0 aliphatic heterocycles. The molecule has 0 bridgehead atoms. The first-order valence-electron chi connectivity index (χ1n) is 8.30. The highest BCUT2D eigenvalue weighted by Crippen LogP contribution is 2.46. The van der Waals surface area contributed by atoms with E-state index in [9.17, 15) is 9.18 Å². The van der Waals surface area contributed by atoms with E-state index in [1.165, 1.54) is 6.07 Å². The normalized spacial score (nSPS) is 20.2. The molecule has 1 amide bonds. The zero-order chi connectivity index (χ0) is 17.9. The van der Waals surface area contributed by atoms with Crippen LogP contribution in [0.25, 0.3) is 0 Å². The number of nitrogens with one attached hydrogen (secondary N) is 1. The van der Waals surface area contributed by atoms with Gasteiger partial charge in [-0.3, -0.25) is 0 Å². The predicted octanol–water partition coefficient (Wildman–Crippen LogP) is 4.90. The Hall–Kier alpha value is -1.49. The van der Waals surface area contributed by atoms with Crippen LogP contribution < -0.4 is 10.1 Å². The van der Waals surface area contributed by atoms with Crippen molar-refractivity contribution in [2.75, 3.05) is 13.2 Å². The molecule has 1 N–H and O–H groups in total. The Kier molecular flexibility index (Phi) is 5.97. The van der Waals surface area contributed by atoms with E-state index in [2.05, 4.69) is 5.32 Å². The lowest BCUT2D eigenvalue weighted by molar-refractivity contribution is 0.0505. The minimum Gasteiger partial charge on any atom is -0.493 e. The van der Waals surface area contributed by atoms with Crippen LogP contribution >= 0.6 is 11.6 Å². The van der Waals surface area contributed by atoms with Crippen LogP contribution in [0.15, 0.2) is 12.1 Å². The highest BCUT2D eigenvalue weighted by atomic mass is 35.5. The van der Waals surface area contributed by atoms with Gasteiger partial charge in [0, 0.05) is 12.6 Å². The van der Waals surface area contributed by atoms with Crippen molar-refractivity contribution in [2.24, 2.45) is 5.92 Å². The lowest BCUT2D eigenvalue weighted by atomic mass is 9.69. The third kappa shape index (κ3) is 4.76. The molecule has 4 nitrogen and oxygen atoms in total. The van der Waals surface area contributed by atoms with Gasteiger partial charge in [0.1, 0.15) is 17.2 Å². The number of amides is 1. The summed E-state index contributed by atoms with van der Waals surface area (Å²) in [5, 5.41) is 2.91. The molecule has 1 aromatic rings. The number of carbonyl (C=O) groups is 1. The fourth-order valence-electron chi connectivity index (χ4n) is 2.87. The van der Waals surface area contributed by atoms with Crippen LogP contribution in [0, 0.1) is 11.7 Å². The largest absolute Gasteiger partial charge is 0.493 e. The van der Waals surface area contributed by atoms with E-state index in [4.69, 9.17) is 21.1 Å². The number of benzene rings is 1. The topological polar surface area (TPSA) is 47.6 Å². The Morgan fingerprint density at radius 3 is 2.62 bits per heavy atom. The van der Waals surface area contributed by atoms with E-state index in [1.807, 2.05) is 27.7 Å². The second kappa shape index (κ2) is 7.60. The van der Waals surface area contributed by atoms with E-state index in [0.717, 1.165) is 18.4 Å². The van der Waals surface area contributed by atoms with Crippen molar-refractivity contribution in [3.05, 3.63) is 28.5 Å². The van der Waals surface area contributed by atoms with Crippen LogP contribution in [0.5, 0.6) is 5.75 Å². The summed E-state index contributed by atoms with van der Waals surface area (Å²) >= 11 is 5.94. The van der Waals surface area contributed by atoms with Gasteiger partial charge in [-0.1, -0.05) is 11.6 Å². The van der Waals surface area contributed by atoms with E-state index in [-0.39, 0.29) is 16.9 Å². The molecular weight excluding hydrogens is 333 g/mol. The SMILES string of the molecule is CCOc1cc(F)c(Cl)cc1[C@@H]1CC[C@H]1CNC(=O)OC(C)(C)C. The van der Waals surface area contributed by atoms with Crippen LogP contribution in [-0.4, -0.2) is 24.8 Å². The molecule has 2 rings (SSSR count). The summed E-state index contributed by atoms with van der Waals surface area (Å²) in [6.45, 7) is 8.31. The average Bonchev–Trinajstić information content (AvgIpc) is 2.41. The van der Waals surface area contributed by atoms with E-state index < -0.39 is 17.5 Å². The van der Waals surface area contributed by atoms with Crippen LogP contribution in [0.3, 0.4) is 0 Å². The molecular formula is C18H25ClFNO3. The highest BCUT2D eigenvalue weighted by molar-refractivity contribution is 6.30. The van der Waals surface area contributed by atoms with E-state index >= 15 is 0 Å². The van der Waals surface area contributed by atoms with Gasteiger partial charge < -0.3 is 14.8 Å². The lowest BCUT2D eigenvalue weighted by Gasteiger charge is -2.38. The second-order valence-electron chi connectivity index (χ2n) is 7.06. The molecule has 1 fully saturated rings. The number of hydrogen-bond acceptors (Lipinski definition) is 3. The van der Waals surface area contributed by atoms with Crippen LogP contribution in [0.4, 0.5) is 9.18 Å². The van der Waals surface area contributed by atoms with Gasteiger partial charge >= 0.3 is 6.09 Å². The van der Waals surface area contributed by atoms with Crippen LogP contribution in [0.2, 0.25) is 5.02 Å². The van der Waals surface area contributed by atoms with Crippen molar-refractivity contribution in [3.8, 4) is 5.75 Å². The number of carbonyl (C=O) groups excluding carboxylic acids is 1. The van der Waals surface area contributed by atoms with Crippen molar-refractivity contribution in [2.45, 2.75) is 52.1 Å². The van der Waals surface area contributed by atoms with Gasteiger partial charge in [-0.15, -0.1) is 0 Å². The van der Waals surface area contributed by atoms with Gasteiger partial charge in [-0.2, -0.15) is 0 Å². The molecule has 0 spiro atoms. The van der Waals surface area contributed by atoms with Crippen molar-refractivity contribution < 1.29 is 18.7 Å². The predicted molar refractivity (Wildman–Crippen MR) is 92.3 cm³/mol. The van der Waals surface area contributed by atoms with Crippen molar-refractivity contribution in [3.63, 3.8) is 0 Å². The van der Waals surface area contributed by atoms with E-state index in [0.29, 0.717) is 18.9 Å². The Labute approximate surface area is 147 Å². The summed E-state index contributed by atoms with van der Waals surface area (Å²) in [6, 6.07) is 2.99. The molecule has 6 heteroatoms. The Morgan fingerprint density at radius 1 is 1.38 bits per heavy atom. The van der Waals surface area contributed by atoms with Gasteiger partial charge in [0.25, 0.3) is 0 Å². The standard InChI is InChI=1S/C18H25ClFNO3/c1-5-23-16-9-15(20)14(19)8-13(16)12-7-6-11(12)10-21-17(22)24-18(2,3)4/h8-9,11-12H,5-7,10H2,1-4H3,(H,21,22)/t11-,12+/m0/s1. The smallest absolute Gasteiger partial charge is 0.407 e. The third-order valence-corrected chi connectivity index (χ3v) is 4.37. The van der Waals surface area contributed by atoms with Gasteiger partial charge in [0.2, 0.25) is 0 Å². The Bertz CT molecular complexity index is 601. The minimum atomic E-state index is -0.518. The second-order valence-corrected chi connectivity index (χ2v) is 7.47. The maximum Gasteiger partial charge on any atom is 0.407 e. The molecule has 0 radical (unpaired) electrons. The van der Waals surface area contributed by atoms with Crippen molar-refractivity contribution >= 4 is 17.7 Å². The fraction of sp³-hybridized carbons (Fsp3) is 0.611. The zero-order valence-corrected chi connectivity index (χ0v) is 15.4. The summed E-state index contributed by atoms with van der Waals surface area (Å²) in [5.41, 5.74) is 0.390. The maximum atomic E-state index is 13.7. The van der Waals surface area contributed by atoms with Crippen LogP contribution in [-0.2, 0) is 4.74 Å². The van der Waals surface area contributed by atoms with Crippen molar-refractivity contribution in [1.29, 1.82) is 0 Å². The van der Waals surface area contributed by atoms with Gasteiger partial charge in [-0.25, -0.2) is 9.18 Å². The number of halogens is 2. The Morgan fingerprint density at radius 2 is 2.08 bits per heavy atom. The molecule has 0 heterocycles. The highest BCUT2D eigenvalue weighted by Gasteiger charge is 2.35. The van der Waals surface area contributed by atoms with Crippen LogP contribution in [0.1, 0.15) is 52.0 Å². The maximum absolute atomic E-state index is 13.7. The van der Waals surface area contributed by atoms with E-state index in [1.54, 1.807) is 6.07 Å². The minimum absolute atomic E-state index is 0.0965. The Balaban J connectivity index is 2.03. The number of alkyl carbamates (subject to hydrolysis) is 1. The monoisotopic (exact) mass is 357 g/mol. The molecule has 24 heavy (non-hydrogen) atoms. The number of hydrogen-bond donors (Lipinski definition) is 1. The molecule has 0 unspecified atom stereocenters.